The summed E-state index contributed by atoms with van der Waals surface area (Å²) in [7, 11) is 0. The maximum Gasteiger partial charge on any atom is 0.148 e. The van der Waals surface area contributed by atoms with E-state index in [1.165, 1.54) is 0 Å². The van der Waals surface area contributed by atoms with Crippen molar-refractivity contribution >= 4 is 11.6 Å². The summed E-state index contributed by atoms with van der Waals surface area (Å²) in [6, 6.07) is 5.41. The minimum atomic E-state index is -0.0332. The first kappa shape index (κ1) is 10.9. The molecule has 0 amide bonds. The van der Waals surface area contributed by atoms with Gasteiger partial charge in [-0.1, -0.05) is 23.6 Å². The number of ether oxygens (including phenoxy) is 1. The standard InChI is InChI=1S/C11H12ClNO/c1-3-6-14-11-5-4-9(8(2)13)7-10(11)12/h1,4-5,7-8H,6,13H2,2H3/t8-/m1/s1. The highest BCUT2D eigenvalue weighted by Gasteiger charge is 2.04. The Hall–Kier alpha value is -1.17. The van der Waals surface area contributed by atoms with Crippen molar-refractivity contribution in [3.8, 4) is 18.1 Å². The summed E-state index contributed by atoms with van der Waals surface area (Å²) in [6.45, 7) is 2.12. The van der Waals surface area contributed by atoms with E-state index in [1.54, 1.807) is 12.1 Å². The van der Waals surface area contributed by atoms with Gasteiger partial charge in [0.1, 0.15) is 12.4 Å². The second-order valence-electron chi connectivity index (χ2n) is 2.97. The van der Waals surface area contributed by atoms with Crippen molar-refractivity contribution in [1.82, 2.24) is 0 Å². The van der Waals surface area contributed by atoms with Crippen LogP contribution in [0.1, 0.15) is 18.5 Å². The minimum absolute atomic E-state index is 0.0332. The second kappa shape index (κ2) is 4.90. The summed E-state index contributed by atoms with van der Waals surface area (Å²) in [4.78, 5) is 0. The highest BCUT2D eigenvalue weighted by atomic mass is 35.5. The van der Waals surface area contributed by atoms with E-state index < -0.39 is 0 Å². The smallest absolute Gasteiger partial charge is 0.148 e. The molecule has 0 saturated carbocycles. The van der Waals surface area contributed by atoms with Gasteiger partial charge in [-0.25, -0.2) is 0 Å². The third kappa shape index (κ3) is 2.66. The van der Waals surface area contributed by atoms with Gasteiger partial charge in [0.25, 0.3) is 0 Å². The summed E-state index contributed by atoms with van der Waals surface area (Å²) in [5.41, 5.74) is 6.68. The lowest BCUT2D eigenvalue weighted by atomic mass is 10.1. The lowest BCUT2D eigenvalue weighted by molar-refractivity contribution is 0.370. The maximum atomic E-state index is 5.96. The van der Waals surface area contributed by atoms with Crippen LogP contribution < -0.4 is 10.5 Å². The summed E-state index contributed by atoms with van der Waals surface area (Å²) >= 11 is 5.96. The van der Waals surface area contributed by atoms with Crippen LogP contribution in [0.4, 0.5) is 0 Å². The van der Waals surface area contributed by atoms with Crippen molar-refractivity contribution in [2.75, 3.05) is 6.61 Å². The monoisotopic (exact) mass is 209 g/mol. The quantitative estimate of drug-likeness (QED) is 0.776. The van der Waals surface area contributed by atoms with Crippen molar-refractivity contribution in [1.29, 1.82) is 0 Å². The Morgan fingerprint density at radius 3 is 2.86 bits per heavy atom. The molecule has 14 heavy (non-hydrogen) atoms. The van der Waals surface area contributed by atoms with Gasteiger partial charge in [-0.05, 0) is 24.6 Å². The van der Waals surface area contributed by atoms with Crippen molar-refractivity contribution in [2.45, 2.75) is 13.0 Å². The first-order chi connectivity index (χ1) is 6.65. The van der Waals surface area contributed by atoms with Crippen LogP contribution >= 0.6 is 11.6 Å². The Bertz CT molecular complexity index is 355. The fraction of sp³-hybridized carbons (Fsp3) is 0.273. The molecule has 74 valence electrons. The molecule has 0 aliphatic rings. The predicted octanol–water partition coefficient (Wildman–Crippen LogP) is 2.37. The number of benzene rings is 1. The number of terminal acetylenes is 1. The number of hydrogen-bond donors (Lipinski definition) is 1. The van der Waals surface area contributed by atoms with E-state index in [-0.39, 0.29) is 12.6 Å². The molecule has 3 heteroatoms. The third-order valence-electron chi connectivity index (χ3n) is 1.79. The Kier molecular flexibility index (Phi) is 3.82. The van der Waals surface area contributed by atoms with Crippen LogP contribution in [0.3, 0.4) is 0 Å². The van der Waals surface area contributed by atoms with Crippen LogP contribution in [-0.2, 0) is 0 Å². The van der Waals surface area contributed by atoms with Crippen LogP contribution in [0, 0.1) is 12.3 Å². The maximum absolute atomic E-state index is 5.96. The summed E-state index contributed by atoms with van der Waals surface area (Å²) in [5, 5.41) is 0.537. The van der Waals surface area contributed by atoms with Crippen molar-refractivity contribution in [2.24, 2.45) is 5.73 Å². The molecule has 0 radical (unpaired) electrons. The van der Waals surface area contributed by atoms with Crippen molar-refractivity contribution < 1.29 is 4.74 Å². The Morgan fingerprint density at radius 1 is 1.64 bits per heavy atom. The van der Waals surface area contributed by atoms with Crippen LogP contribution in [0.5, 0.6) is 5.75 Å². The molecular weight excluding hydrogens is 198 g/mol. The van der Waals surface area contributed by atoms with Crippen LogP contribution in [0.25, 0.3) is 0 Å². The molecule has 1 aromatic rings. The number of rotatable bonds is 3. The summed E-state index contributed by atoms with van der Waals surface area (Å²) in [6.07, 6.45) is 5.07. The first-order valence-corrected chi connectivity index (χ1v) is 4.64. The van der Waals surface area contributed by atoms with Gasteiger partial charge in [-0.3, -0.25) is 0 Å². The van der Waals surface area contributed by atoms with Gasteiger partial charge in [0, 0.05) is 6.04 Å². The molecule has 0 spiro atoms. The van der Waals surface area contributed by atoms with Gasteiger partial charge in [0.15, 0.2) is 0 Å². The number of nitrogens with two attached hydrogens (primary N) is 1. The van der Waals surface area contributed by atoms with E-state index >= 15 is 0 Å². The van der Waals surface area contributed by atoms with Gasteiger partial charge in [0.05, 0.1) is 5.02 Å². The average Bonchev–Trinajstić information content (AvgIpc) is 2.15. The second-order valence-corrected chi connectivity index (χ2v) is 3.38. The molecule has 2 N–H and O–H groups in total. The van der Waals surface area contributed by atoms with Gasteiger partial charge in [-0.2, -0.15) is 0 Å². The van der Waals surface area contributed by atoms with Crippen molar-refractivity contribution in [3.05, 3.63) is 28.8 Å². The largest absolute Gasteiger partial charge is 0.479 e. The van der Waals surface area contributed by atoms with E-state index in [2.05, 4.69) is 5.92 Å². The van der Waals surface area contributed by atoms with E-state index in [4.69, 9.17) is 28.5 Å². The zero-order chi connectivity index (χ0) is 10.6. The van der Waals surface area contributed by atoms with Gasteiger partial charge < -0.3 is 10.5 Å². The molecule has 0 aliphatic heterocycles. The Balaban J connectivity index is 2.85. The molecule has 0 aromatic heterocycles. The normalized spacial score (nSPS) is 11.9. The van der Waals surface area contributed by atoms with E-state index in [0.717, 1.165) is 5.56 Å². The van der Waals surface area contributed by atoms with Gasteiger partial charge >= 0.3 is 0 Å². The van der Waals surface area contributed by atoms with Crippen LogP contribution in [0.2, 0.25) is 5.02 Å². The molecule has 1 atom stereocenters. The third-order valence-corrected chi connectivity index (χ3v) is 2.09. The molecule has 0 heterocycles. The van der Waals surface area contributed by atoms with Crippen LogP contribution in [0.15, 0.2) is 18.2 Å². The molecule has 1 rings (SSSR count). The zero-order valence-corrected chi connectivity index (χ0v) is 8.71. The molecule has 0 unspecified atom stereocenters. The highest BCUT2D eigenvalue weighted by Crippen LogP contribution is 2.27. The molecule has 0 aliphatic carbocycles. The summed E-state index contributed by atoms with van der Waals surface area (Å²) < 4.78 is 5.21. The fourth-order valence-corrected chi connectivity index (χ4v) is 1.28. The number of halogens is 1. The number of hydrogen-bond acceptors (Lipinski definition) is 2. The first-order valence-electron chi connectivity index (χ1n) is 4.26. The zero-order valence-electron chi connectivity index (χ0n) is 7.96. The molecule has 1 aromatic carbocycles. The van der Waals surface area contributed by atoms with Gasteiger partial charge in [-0.15, -0.1) is 6.42 Å². The molecule has 0 fully saturated rings. The lowest BCUT2D eigenvalue weighted by Gasteiger charge is -2.09. The lowest BCUT2D eigenvalue weighted by Crippen LogP contribution is -2.05. The minimum Gasteiger partial charge on any atom is -0.479 e. The SMILES string of the molecule is C#CCOc1ccc([C@@H](C)N)cc1Cl. The average molecular weight is 210 g/mol. The molecular formula is C11H12ClNO. The molecule has 0 saturated heterocycles. The predicted molar refractivity (Wildman–Crippen MR) is 58.4 cm³/mol. The topological polar surface area (TPSA) is 35.2 Å². The fourth-order valence-electron chi connectivity index (χ4n) is 1.04. The van der Waals surface area contributed by atoms with Gasteiger partial charge in [0.2, 0.25) is 0 Å². The molecule has 0 bridgehead atoms. The van der Waals surface area contributed by atoms with E-state index in [9.17, 15) is 0 Å². The highest BCUT2D eigenvalue weighted by molar-refractivity contribution is 6.32. The van der Waals surface area contributed by atoms with Crippen molar-refractivity contribution in [3.63, 3.8) is 0 Å². The van der Waals surface area contributed by atoms with E-state index in [0.29, 0.717) is 10.8 Å². The molecule has 2 nitrogen and oxygen atoms in total. The van der Waals surface area contributed by atoms with Crippen LogP contribution in [-0.4, -0.2) is 6.61 Å². The Labute approximate surface area is 89.0 Å². The van der Waals surface area contributed by atoms with E-state index in [1.807, 2.05) is 13.0 Å². The summed E-state index contributed by atoms with van der Waals surface area (Å²) in [5.74, 6) is 2.97. The Morgan fingerprint density at radius 2 is 2.36 bits per heavy atom.